The normalized spacial score (nSPS) is 20.5. The Balaban J connectivity index is 1.43. The van der Waals surface area contributed by atoms with E-state index in [9.17, 15) is 14.3 Å². The predicted octanol–water partition coefficient (Wildman–Crippen LogP) is 6.67. The van der Waals surface area contributed by atoms with Gasteiger partial charge in [0.1, 0.15) is 23.9 Å². The van der Waals surface area contributed by atoms with Crippen LogP contribution in [-0.4, -0.2) is 18.2 Å². The van der Waals surface area contributed by atoms with Crippen molar-refractivity contribution in [3.8, 4) is 22.6 Å². The van der Waals surface area contributed by atoms with Crippen molar-refractivity contribution in [3.63, 3.8) is 0 Å². The Hall–Kier alpha value is -3.34. The highest BCUT2D eigenvalue weighted by molar-refractivity contribution is 5.78. The molecule has 1 spiro atoms. The van der Waals surface area contributed by atoms with Gasteiger partial charge in [-0.3, -0.25) is 4.79 Å². The molecule has 0 saturated heterocycles. The third-order valence-corrected chi connectivity index (χ3v) is 7.59. The second-order valence-corrected chi connectivity index (χ2v) is 10.8. The van der Waals surface area contributed by atoms with Crippen LogP contribution in [0.25, 0.3) is 11.1 Å². The number of halogens is 1. The molecule has 2 atom stereocenters. The van der Waals surface area contributed by atoms with Crippen LogP contribution in [0.2, 0.25) is 0 Å². The molecule has 0 aromatic heterocycles. The minimum absolute atomic E-state index is 0.177. The monoisotopic (exact) mass is 474 g/mol. The largest absolute Gasteiger partial charge is 0.497 e. The molecular weight excluding hydrogens is 443 g/mol. The third-order valence-electron chi connectivity index (χ3n) is 7.59. The number of benzene rings is 3. The van der Waals surface area contributed by atoms with Crippen LogP contribution >= 0.6 is 0 Å². The van der Waals surface area contributed by atoms with Gasteiger partial charge in [0.05, 0.1) is 13.0 Å². The summed E-state index contributed by atoms with van der Waals surface area (Å²) >= 11 is 0. The third kappa shape index (κ3) is 4.18. The predicted molar refractivity (Wildman–Crippen MR) is 134 cm³/mol. The molecule has 0 bridgehead atoms. The Bertz CT molecular complexity index is 1310. The number of carboxylic acids is 1. The van der Waals surface area contributed by atoms with Crippen molar-refractivity contribution in [1.29, 1.82) is 0 Å². The van der Waals surface area contributed by atoms with Crippen molar-refractivity contribution in [1.82, 2.24) is 0 Å². The number of fused-ring (bicyclic) bond motifs is 2. The molecule has 0 aliphatic heterocycles. The van der Waals surface area contributed by atoms with E-state index >= 15 is 0 Å². The van der Waals surface area contributed by atoms with Gasteiger partial charge < -0.3 is 14.6 Å². The number of hydrogen-bond donors (Lipinski definition) is 1. The fourth-order valence-electron chi connectivity index (χ4n) is 5.58. The van der Waals surface area contributed by atoms with Crippen LogP contribution in [0, 0.1) is 11.7 Å². The highest BCUT2D eigenvalue weighted by Crippen LogP contribution is 2.62. The summed E-state index contributed by atoms with van der Waals surface area (Å²) in [7, 11) is 1.58. The molecule has 3 aromatic carbocycles. The van der Waals surface area contributed by atoms with E-state index in [1.165, 1.54) is 11.6 Å². The summed E-state index contributed by atoms with van der Waals surface area (Å²) in [5.74, 6) is 0.0465. The summed E-state index contributed by atoms with van der Waals surface area (Å²) in [6, 6.07) is 16.9. The first-order valence-electron chi connectivity index (χ1n) is 12.1. The van der Waals surface area contributed by atoms with Crippen LogP contribution in [0.4, 0.5) is 4.39 Å². The topological polar surface area (TPSA) is 55.8 Å². The van der Waals surface area contributed by atoms with E-state index in [2.05, 4.69) is 26.8 Å². The number of ether oxygens (including phenoxy) is 2. The molecule has 3 aromatic rings. The van der Waals surface area contributed by atoms with Crippen molar-refractivity contribution >= 4 is 5.97 Å². The van der Waals surface area contributed by atoms with E-state index in [0.29, 0.717) is 24.3 Å². The average Bonchev–Trinajstić information content (AvgIpc) is 3.46. The van der Waals surface area contributed by atoms with E-state index in [0.717, 1.165) is 40.8 Å². The molecule has 5 rings (SSSR count). The molecule has 4 nitrogen and oxygen atoms in total. The van der Waals surface area contributed by atoms with Gasteiger partial charge >= 0.3 is 5.97 Å². The van der Waals surface area contributed by atoms with Crippen molar-refractivity contribution in [3.05, 3.63) is 82.7 Å². The summed E-state index contributed by atoms with van der Waals surface area (Å²) in [6.45, 7) is 6.67. The van der Waals surface area contributed by atoms with Gasteiger partial charge in [0.2, 0.25) is 0 Å². The molecule has 2 aliphatic carbocycles. The number of methoxy groups -OCH3 is 1. The molecule has 1 fully saturated rings. The van der Waals surface area contributed by atoms with E-state index in [-0.39, 0.29) is 22.6 Å². The van der Waals surface area contributed by atoms with E-state index in [1.807, 2.05) is 30.3 Å². The molecule has 1 N–H and O–H groups in total. The highest BCUT2D eigenvalue weighted by atomic mass is 19.1. The van der Waals surface area contributed by atoms with Crippen molar-refractivity contribution < 1.29 is 23.8 Å². The van der Waals surface area contributed by atoms with E-state index < -0.39 is 5.97 Å². The van der Waals surface area contributed by atoms with Gasteiger partial charge in [-0.05, 0) is 88.9 Å². The van der Waals surface area contributed by atoms with Crippen LogP contribution in [0.15, 0.2) is 54.6 Å². The number of hydrogen-bond acceptors (Lipinski definition) is 3. The first kappa shape index (κ1) is 23.4. The van der Waals surface area contributed by atoms with Gasteiger partial charge in [-0.2, -0.15) is 0 Å². The summed E-state index contributed by atoms with van der Waals surface area (Å²) < 4.78 is 26.4. The molecule has 5 heteroatoms. The maximum absolute atomic E-state index is 14.9. The fourth-order valence-corrected chi connectivity index (χ4v) is 5.58. The lowest BCUT2D eigenvalue weighted by molar-refractivity contribution is -0.139. The average molecular weight is 475 g/mol. The number of aryl methyl sites for hydroxylation is 1. The van der Waals surface area contributed by atoms with Crippen molar-refractivity contribution in [2.75, 3.05) is 7.11 Å². The molecule has 35 heavy (non-hydrogen) atoms. The number of carboxylic acid groups (broad SMARTS) is 1. The number of aliphatic carboxylic acids is 1. The lowest BCUT2D eigenvalue weighted by Gasteiger charge is -2.24. The quantitative estimate of drug-likeness (QED) is 0.434. The zero-order valence-electron chi connectivity index (χ0n) is 20.7. The van der Waals surface area contributed by atoms with Crippen LogP contribution in [0.3, 0.4) is 0 Å². The van der Waals surface area contributed by atoms with Gasteiger partial charge in [0, 0.05) is 11.0 Å². The molecule has 0 radical (unpaired) electrons. The lowest BCUT2D eigenvalue weighted by Crippen LogP contribution is -2.14. The van der Waals surface area contributed by atoms with Gasteiger partial charge in [-0.25, -0.2) is 4.39 Å². The van der Waals surface area contributed by atoms with Crippen molar-refractivity contribution in [2.24, 2.45) is 5.92 Å². The Morgan fingerprint density at radius 1 is 1.06 bits per heavy atom. The second kappa shape index (κ2) is 8.40. The van der Waals surface area contributed by atoms with E-state index in [4.69, 9.17) is 9.47 Å². The molecular formula is C30H31FO4. The molecule has 2 aliphatic rings. The minimum atomic E-state index is -0.708. The maximum Gasteiger partial charge on any atom is 0.307 e. The van der Waals surface area contributed by atoms with Crippen molar-refractivity contribution in [2.45, 2.75) is 57.5 Å². The smallest absolute Gasteiger partial charge is 0.307 e. The molecule has 0 heterocycles. The molecule has 1 saturated carbocycles. The van der Waals surface area contributed by atoms with Crippen LogP contribution in [-0.2, 0) is 28.7 Å². The lowest BCUT2D eigenvalue weighted by atomic mass is 9.81. The van der Waals surface area contributed by atoms with Gasteiger partial charge in [-0.1, -0.05) is 39.0 Å². The summed E-state index contributed by atoms with van der Waals surface area (Å²) in [5.41, 5.74) is 5.27. The summed E-state index contributed by atoms with van der Waals surface area (Å²) in [4.78, 5) is 11.6. The highest BCUT2D eigenvalue weighted by Gasteiger charge is 2.61. The Kier molecular flexibility index (Phi) is 5.62. The van der Waals surface area contributed by atoms with E-state index in [1.54, 1.807) is 19.2 Å². The standard InChI is InChI=1S/C30H31FO4/c1-29(2,3)24-9-5-18(13-22(24)23-14-20(34-4)8-10-27(23)31)17-35-21-7-6-19-11-12-30(25(19)15-21)16-26(30)28(32)33/h5-10,13-15,26H,11-12,16-17H2,1-4H3,(H,32,33)/t26-,30+/m0/s1. The Labute approximate surface area is 205 Å². The second-order valence-electron chi connectivity index (χ2n) is 10.8. The van der Waals surface area contributed by atoms with Gasteiger partial charge in [0.25, 0.3) is 0 Å². The van der Waals surface area contributed by atoms with Crippen LogP contribution in [0.5, 0.6) is 11.5 Å². The van der Waals surface area contributed by atoms with Crippen LogP contribution < -0.4 is 9.47 Å². The summed E-state index contributed by atoms with van der Waals surface area (Å²) in [6.07, 6.45) is 2.53. The van der Waals surface area contributed by atoms with Gasteiger partial charge in [-0.15, -0.1) is 0 Å². The van der Waals surface area contributed by atoms with Crippen LogP contribution in [0.1, 0.15) is 55.9 Å². The molecule has 0 amide bonds. The van der Waals surface area contributed by atoms with Gasteiger partial charge in [0.15, 0.2) is 0 Å². The summed E-state index contributed by atoms with van der Waals surface area (Å²) in [5, 5.41) is 9.51. The first-order valence-corrected chi connectivity index (χ1v) is 12.1. The number of rotatable bonds is 6. The zero-order valence-corrected chi connectivity index (χ0v) is 20.7. The molecule has 182 valence electrons. The maximum atomic E-state index is 14.9. The Morgan fingerprint density at radius 2 is 1.83 bits per heavy atom. The Morgan fingerprint density at radius 3 is 2.51 bits per heavy atom. The zero-order chi connectivity index (χ0) is 25.0. The minimum Gasteiger partial charge on any atom is -0.497 e. The molecule has 0 unspecified atom stereocenters. The first-order chi connectivity index (χ1) is 16.6. The SMILES string of the molecule is COc1ccc(F)c(-c2cc(COc3ccc4c(c3)[C@@]3(CC4)C[C@H]3C(=O)O)ccc2C(C)(C)C)c1. The fraction of sp³-hybridized carbons (Fsp3) is 0.367. The number of carbonyl (C=O) groups is 1.